The molecule has 2 fully saturated rings. The van der Waals surface area contributed by atoms with Crippen LogP contribution in [0.15, 0.2) is 48.5 Å². The largest absolute Gasteiger partial charge is 0.480 e. The van der Waals surface area contributed by atoms with Gasteiger partial charge in [-0.2, -0.15) is 28.1 Å². The minimum Gasteiger partial charge on any atom is -0.480 e. The first-order chi connectivity index (χ1) is 27.8. The molecule has 1 atom stereocenters. The van der Waals surface area contributed by atoms with Gasteiger partial charge in [0.15, 0.2) is 6.61 Å². The lowest BCUT2D eigenvalue weighted by Gasteiger charge is -2.33. The van der Waals surface area contributed by atoms with Crippen LogP contribution in [0.1, 0.15) is 81.6 Å². The lowest BCUT2D eigenvalue weighted by molar-refractivity contribution is -0.154. The molecular formula is C39H46ClF3N8O8. The molecule has 1 aromatic heterocycles. The molecule has 1 saturated carbocycles. The van der Waals surface area contributed by atoms with Crippen molar-refractivity contribution >= 4 is 58.8 Å². The van der Waals surface area contributed by atoms with E-state index in [4.69, 9.17) is 21.1 Å². The predicted molar refractivity (Wildman–Crippen MR) is 208 cm³/mol. The maximum Gasteiger partial charge on any atom is 0.422 e. The number of anilines is 3. The Morgan fingerprint density at radius 2 is 1.59 bits per heavy atom. The summed E-state index contributed by atoms with van der Waals surface area (Å²) in [5.41, 5.74) is 0.113. The van der Waals surface area contributed by atoms with Gasteiger partial charge in [-0.05, 0) is 107 Å². The second kappa shape index (κ2) is 18.9. The average molecular weight is 847 g/mol. The molecule has 5 rings (SSSR count). The Labute approximate surface area is 343 Å². The number of nitrogens with one attached hydrogen (secondary N) is 4. The van der Waals surface area contributed by atoms with Crippen LogP contribution in [0, 0.1) is 5.92 Å². The van der Waals surface area contributed by atoms with E-state index in [2.05, 4.69) is 36.2 Å². The van der Waals surface area contributed by atoms with Crippen molar-refractivity contribution in [3.8, 4) is 6.01 Å². The minimum absolute atomic E-state index is 0.00373. The number of carbonyl (C=O) groups is 5. The smallest absolute Gasteiger partial charge is 0.422 e. The molecule has 5 N–H and O–H groups in total. The molecule has 0 spiro atoms. The molecule has 3 aromatic rings. The summed E-state index contributed by atoms with van der Waals surface area (Å²) in [6, 6.07) is 10.8. The number of hydrogen-bond acceptors (Lipinski definition) is 12. The van der Waals surface area contributed by atoms with Crippen molar-refractivity contribution in [3.63, 3.8) is 0 Å². The maximum atomic E-state index is 13.0. The van der Waals surface area contributed by atoms with Crippen LogP contribution in [0.2, 0.25) is 5.02 Å². The number of carboxylic acids is 1. The predicted octanol–water partition coefficient (Wildman–Crippen LogP) is 6.00. The van der Waals surface area contributed by atoms with Gasteiger partial charge in [0, 0.05) is 42.3 Å². The minimum atomic E-state index is -4.65. The molecule has 2 aliphatic rings. The number of piperidine rings is 1. The van der Waals surface area contributed by atoms with Gasteiger partial charge in [-0.25, -0.2) is 9.59 Å². The van der Waals surface area contributed by atoms with Gasteiger partial charge in [0.25, 0.3) is 11.8 Å². The summed E-state index contributed by atoms with van der Waals surface area (Å²) in [7, 11) is 0. The van der Waals surface area contributed by atoms with Crippen LogP contribution in [0.3, 0.4) is 0 Å². The molecule has 2 aromatic carbocycles. The van der Waals surface area contributed by atoms with E-state index in [1.807, 2.05) is 12.1 Å². The maximum absolute atomic E-state index is 13.0. The first-order valence-corrected chi connectivity index (χ1v) is 19.3. The summed E-state index contributed by atoms with van der Waals surface area (Å²) in [4.78, 5) is 76.1. The Morgan fingerprint density at radius 1 is 0.949 bits per heavy atom. The molecule has 318 valence electrons. The molecule has 0 bridgehead atoms. The third kappa shape index (κ3) is 13.7. The number of Topliss-reactive ketones (excluding diaryl/α,β-unsaturated/α-hetero) is 1. The van der Waals surface area contributed by atoms with Gasteiger partial charge in [-0.15, -0.1) is 0 Å². The van der Waals surface area contributed by atoms with Crippen molar-refractivity contribution in [1.82, 2.24) is 30.5 Å². The first-order valence-electron chi connectivity index (χ1n) is 19.0. The molecule has 1 saturated heterocycles. The molecule has 1 aliphatic heterocycles. The third-order valence-corrected chi connectivity index (χ3v) is 9.75. The molecule has 3 amide bonds. The number of aromatic nitrogens is 3. The Morgan fingerprint density at radius 3 is 2.19 bits per heavy atom. The van der Waals surface area contributed by atoms with Crippen LogP contribution in [-0.4, -0.2) is 98.7 Å². The number of hydrogen-bond donors (Lipinski definition) is 5. The Hall–Kier alpha value is -5.72. The van der Waals surface area contributed by atoms with Crippen molar-refractivity contribution < 1.29 is 51.7 Å². The van der Waals surface area contributed by atoms with Gasteiger partial charge in [-0.3, -0.25) is 14.4 Å². The summed E-state index contributed by atoms with van der Waals surface area (Å²) in [5, 5.41) is 21.1. The highest BCUT2D eigenvalue weighted by Crippen LogP contribution is 2.48. The zero-order valence-corrected chi connectivity index (χ0v) is 33.4. The van der Waals surface area contributed by atoms with E-state index >= 15 is 0 Å². The van der Waals surface area contributed by atoms with Crippen molar-refractivity contribution in [3.05, 3.63) is 64.7 Å². The number of ether oxygens (including phenoxy) is 2. The van der Waals surface area contributed by atoms with Crippen LogP contribution in [0.4, 0.5) is 35.5 Å². The van der Waals surface area contributed by atoms with Crippen LogP contribution in [0.25, 0.3) is 0 Å². The number of aliphatic carboxylic acids is 1. The molecule has 2 heterocycles. The summed E-state index contributed by atoms with van der Waals surface area (Å²) in [5.74, 6) is -3.65. The van der Waals surface area contributed by atoms with Gasteiger partial charge in [-0.1, -0.05) is 23.7 Å². The number of likely N-dealkylation sites (tertiary alicyclic amines) is 1. The van der Waals surface area contributed by atoms with Crippen molar-refractivity contribution in [1.29, 1.82) is 0 Å². The number of rotatable bonds is 17. The zero-order valence-electron chi connectivity index (χ0n) is 32.7. The zero-order chi connectivity index (χ0) is 43.0. The molecule has 59 heavy (non-hydrogen) atoms. The summed E-state index contributed by atoms with van der Waals surface area (Å²) < 4.78 is 49.1. The van der Waals surface area contributed by atoms with Gasteiger partial charge < -0.3 is 40.7 Å². The summed E-state index contributed by atoms with van der Waals surface area (Å²) in [6.45, 7) is 4.53. The lowest BCUT2D eigenvalue weighted by atomic mass is 9.91. The Balaban J connectivity index is 1.10. The fourth-order valence-electron chi connectivity index (χ4n) is 6.21. The molecule has 1 aliphatic carbocycles. The van der Waals surface area contributed by atoms with E-state index in [9.17, 15) is 42.3 Å². The van der Waals surface area contributed by atoms with Crippen LogP contribution < -0.4 is 26.0 Å². The highest BCUT2D eigenvalue weighted by molar-refractivity contribution is 6.36. The fraction of sp³-hybridized carbons (Fsp3) is 0.487. The third-order valence-electron chi connectivity index (χ3n) is 9.50. The highest BCUT2D eigenvalue weighted by Gasteiger charge is 2.45. The monoisotopic (exact) mass is 846 g/mol. The van der Waals surface area contributed by atoms with E-state index in [0.717, 1.165) is 5.56 Å². The van der Waals surface area contributed by atoms with Crippen molar-refractivity contribution in [2.24, 2.45) is 5.92 Å². The number of nitrogens with zero attached hydrogens (tertiary/aromatic N) is 4. The number of carbonyl (C=O) groups excluding carboxylic acids is 4. The highest BCUT2D eigenvalue weighted by atomic mass is 35.5. The first kappa shape index (κ1) is 44.4. The van der Waals surface area contributed by atoms with E-state index in [1.165, 1.54) is 24.3 Å². The second-order valence-electron chi connectivity index (χ2n) is 15.4. The van der Waals surface area contributed by atoms with E-state index in [0.29, 0.717) is 55.9 Å². The molecule has 16 nitrogen and oxygen atoms in total. The van der Waals surface area contributed by atoms with Gasteiger partial charge in [0.05, 0.1) is 5.54 Å². The summed E-state index contributed by atoms with van der Waals surface area (Å²) >= 11 is 6.03. The van der Waals surface area contributed by atoms with Crippen LogP contribution in [0.5, 0.6) is 6.01 Å². The SMILES string of the molecule is CC(C)(C)OC(=O)N1CCC(CCC(=O)C(=O)NCC[C@H](NC(=O)c2ccc(Nc3nc(NC4(c5ccc(Cl)cc5)CC4)nc(OCC(F)(F)F)n3)cc2)C(=O)O)CC1. The average Bonchev–Trinajstić information content (AvgIpc) is 3.95. The van der Waals surface area contributed by atoms with E-state index in [1.54, 1.807) is 37.8 Å². The summed E-state index contributed by atoms with van der Waals surface area (Å²) in [6.07, 6.45) is -2.05. The standard InChI is InChI=1S/C39H46ClF3N8O8/c1-37(2,3)59-36(57)51-20-15-23(16-21-51)4-13-29(52)31(54)44-19-14-28(32(55)56)46-30(53)24-5-11-27(12-6-24)45-33-47-34(49-35(48-33)58-22-39(41,42)43)50-38(17-18-38)25-7-9-26(40)10-8-25/h5-12,23,28H,4,13-22H2,1-3H3,(H,44,54)(H,46,53)(H,55,56)(H2,45,47,48,49,50)/t28-/m0/s1. The lowest BCUT2D eigenvalue weighted by Crippen LogP contribution is -2.43. The quantitative estimate of drug-likeness (QED) is 0.0988. The number of benzene rings is 2. The van der Waals surface area contributed by atoms with Gasteiger partial charge in [0.1, 0.15) is 11.6 Å². The normalized spacial score (nSPS) is 15.7. The van der Waals surface area contributed by atoms with Gasteiger partial charge in [0.2, 0.25) is 17.7 Å². The number of alkyl halides is 3. The molecule has 20 heteroatoms. The number of ketones is 1. The number of amides is 3. The van der Waals surface area contributed by atoms with Crippen molar-refractivity contribution in [2.45, 2.75) is 89.1 Å². The van der Waals surface area contributed by atoms with Crippen LogP contribution >= 0.6 is 11.6 Å². The van der Waals surface area contributed by atoms with Gasteiger partial charge >= 0.3 is 24.2 Å². The van der Waals surface area contributed by atoms with E-state index in [-0.39, 0.29) is 48.9 Å². The molecule has 0 unspecified atom stereocenters. The Kier molecular flexibility index (Phi) is 14.2. The number of halogens is 4. The number of carboxylic acid groups (broad SMARTS) is 1. The molecule has 0 radical (unpaired) electrons. The van der Waals surface area contributed by atoms with Crippen molar-refractivity contribution in [2.75, 3.05) is 36.9 Å². The van der Waals surface area contributed by atoms with E-state index < -0.39 is 59.5 Å². The van der Waals surface area contributed by atoms with Crippen LogP contribution in [-0.2, 0) is 24.7 Å². The Bertz CT molecular complexity index is 1990. The topological polar surface area (TPSA) is 214 Å². The second-order valence-corrected chi connectivity index (χ2v) is 15.8. The fourth-order valence-corrected chi connectivity index (χ4v) is 6.34. The molecular weight excluding hydrogens is 801 g/mol.